The zero-order valence-corrected chi connectivity index (χ0v) is 16.2. The van der Waals surface area contributed by atoms with Crippen LogP contribution in [-0.2, 0) is 16.0 Å². The van der Waals surface area contributed by atoms with Gasteiger partial charge in [-0.3, -0.25) is 4.79 Å². The second kappa shape index (κ2) is 12.0. The molecule has 0 saturated heterocycles. The molecule has 5 N–H and O–H groups in total. The number of rotatable bonds is 11. The number of amides is 3. The summed E-state index contributed by atoms with van der Waals surface area (Å²) in [5.41, 5.74) is 0.658. The van der Waals surface area contributed by atoms with Gasteiger partial charge in [0.05, 0.1) is 6.33 Å². The Morgan fingerprint density at radius 3 is 2.64 bits per heavy atom. The monoisotopic (exact) mass is 393 g/mol. The van der Waals surface area contributed by atoms with Crippen LogP contribution in [-0.4, -0.2) is 51.6 Å². The predicted octanol–water partition coefficient (Wildman–Crippen LogP) is 1.71. The lowest BCUT2D eigenvalue weighted by Crippen LogP contribution is -2.43. The van der Waals surface area contributed by atoms with E-state index in [1.807, 2.05) is 0 Å². The van der Waals surface area contributed by atoms with Crippen LogP contribution in [0.1, 0.15) is 63.5 Å². The van der Waals surface area contributed by atoms with Gasteiger partial charge >= 0.3 is 12.0 Å². The largest absolute Gasteiger partial charge is 0.480 e. The number of H-pyrrole nitrogens is 1. The molecule has 1 heterocycles. The van der Waals surface area contributed by atoms with Crippen LogP contribution >= 0.6 is 0 Å². The number of nitrogens with zero attached hydrogens (tertiary/aromatic N) is 1. The van der Waals surface area contributed by atoms with E-state index in [-0.39, 0.29) is 24.8 Å². The third kappa shape index (κ3) is 8.41. The molecule has 0 spiro atoms. The van der Waals surface area contributed by atoms with Gasteiger partial charge in [0, 0.05) is 37.3 Å². The molecule has 1 fully saturated rings. The Morgan fingerprint density at radius 1 is 1.18 bits per heavy atom. The summed E-state index contributed by atoms with van der Waals surface area (Å²) in [5, 5.41) is 17.6. The van der Waals surface area contributed by atoms with Crippen LogP contribution in [0, 0.1) is 0 Å². The number of hydrogen-bond donors (Lipinski definition) is 5. The predicted molar refractivity (Wildman–Crippen MR) is 104 cm³/mol. The zero-order valence-electron chi connectivity index (χ0n) is 16.2. The maximum Gasteiger partial charge on any atom is 0.326 e. The van der Waals surface area contributed by atoms with Crippen LogP contribution in [0.4, 0.5) is 4.79 Å². The van der Waals surface area contributed by atoms with Gasteiger partial charge in [-0.05, 0) is 25.7 Å². The number of carboxylic acid groups (broad SMARTS) is 1. The lowest BCUT2D eigenvalue weighted by atomic mass is 9.96. The van der Waals surface area contributed by atoms with Gasteiger partial charge in [-0.15, -0.1) is 0 Å². The third-order valence-electron chi connectivity index (χ3n) is 4.92. The first-order valence-electron chi connectivity index (χ1n) is 10.1. The van der Waals surface area contributed by atoms with E-state index in [0.717, 1.165) is 25.7 Å². The molecule has 1 aliphatic rings. The lowest BCUT2D eigenvalue weighted by molar-refractivity contribution is -0.141. The minimum absolute atomic E-state index is 0.118. The van der Waals surface area contributed by atoms with Crippen LogP contribution in [0.25, 0.3) is 0 Å². The van der Waals surface area contributed by atoms with Gasteiger partial charge in [-0.25, -0.2) is 14.6 Å². The summed E-state index contributed by atoms with van der Waals surface area (Å²) in [7, 11) is 0. The molecular weight excluding hydrogens is 362 g/mol. The molecule has 1 aromatic rings. The Balaban J connectivity index is 1.52. The van der Waals surface area contributed by atoms with Crippen molar-refractivity contribution in [2.24, 2.45) is 0 Å². The van der Waals surface area contributed by atoms with Crippen molar-refractivity contribution in [3.63, 3.8) is 0 Å². The number of aromatic amines is 1. The van der Waals surface area contributed by atoms with Crippen molar-refractivity contribution >= 4 is 17.9 Å². The fourth-order valence-corrected chi connectivity index (χ4v) is 3.36. The number of unbranched alkanes of at least 4 members (excludes halogenated alkanes) is 2. The van der Waals surface area contributed by atoms with Crippen LogP contribution in [0.3, 0.4) is 0 Å². The molecule has 9 heteroatoms. The molecule has 1 saturated carbocycles. The Kier molecular flexibility index (Phi) is 9.30. The Bertz CT molecular complexity index is 614. The van der Waals surface area contributed by atoms with Crippen molar-refractivity contribution < 1.29 is 19.5 Å². The summed E-state index contributed by atoms with van der Waals surface area (Å²) >= 11 is 0. The van der Waals surface area contributed by atoms with Crippen LogP contribution < -0.4 is 16.0 Å². The van der Waals surface area contributed by atoms with Crippen LogP contribution in [0.5, 0.6) is 0 Å². The molecule has 156 valence electrons. The van der Waals surface area contributed by atoms with Crippen molar-refractivity contribution in [1.29, 1.82) is 0 Å². The van der Waals surface area contributed by atoms with Crippen molar-refractivity contribution in [2.75, 3.05) is 6.54 Å². The number of aliphatic carboxylic acids is 1. The Morgan fingerprint density at radius 2 is 1.96 bits per heavy atom. The molecule has 1 aromatic heterocycles. The summed E-state index contributed by atoms with van der Waals surface area (Å²) in [5.74, 6) is -1.36. The molecule has 2 rings (SSSR count). The van der Waals surface area contributed by atoms with E-state index in [2.05, 4.69) is 25.9 Å². The molecule has 28 heavy (non-hydrogen) atoms. The zero-order chi connectivity index (χ0) is 20.2. The SMILES string of the molecule is O=C(CCCCCNC(=O)NC1CCCCC1)N[C@@H](Cc1cnc[nH]1)C(=O)O. The average Bonchev–Trinajstić information content (AvgIpc) is 3.18. The highest BCUT2D eigenvalue weighted by Gasteiger charge is 2.20. The molecule has 1 atom stereocenters. The van der Waals surface area contributed by atoms with E-state index in [1.54, 1.807) is 6.20 Å². The van der Waals surface area contributed by atoms with E-state index in [9.17, 15) is 19.5 Å². The number of urea groups is 1. The minimum atomic E-state index is -1.07. The number of carbonyl (C=O) groups excluding carboxylic acids is 2. The van der Waals surface area contributed by atoms with Gasteiger partial charge < -0.3 is 26.0 Å². The third-order valence-corrected chi connectivity index (χ3v) is 4.92. The van der Waals surface area contributed by atoms with Gasteiger partial charge in [-0.1, -0.05) is 25.7 Å². The normalized spacial score (nSPS) is 15.6. The summed E-state index contributed by atoms with van der Waals surface area (Å²) in [4.78, 5) is 41.7. The molecule has 0 unspecified atom stereocenters. The first kappa shape index (κ1) is 21.7. The fraction of sp³-hybridized carbons (Fsp3) is 0.684. The van der Waals surface area contributed by atoms with E-state index < -0.39 is 12.0 Å². The number of carbonyl (C=O) groups is 3. The van der Waals surface area contributed by atoms with Gasteiger partial charge in [0.1, 0.15) is 6.04 Å². The standard InChI is InChI=1S/C19H31N5O4/c25-17(24-16(18(26)27)11-15-12-20-13-22-15)9-5-2-6-10-21-19(28)23-14-7-3-1-4-8-14/h12-14,16H,1-11H2,(H,20,22)(H,24,25)(H,26,27)(H2,21,23,28)/t16-/m0/s1. The Labute approximate surface area is 165 Å². The van der Waals surface area contributed by atoms with Crippen molar-refractivity contribution in [3.8, 4) is 0 Å². The highest BCUT2D eigenvalue weighted by atomic mass is 16.4. The van der Waals surface area contributed by atoms with Crippen LogP contribution in [0.2, 0.25) is 0 Å². The first-order valence-corrected chi connectivity index (χ1v) is 10.1. The Hall–Kier alpha value is -2.58. The topological polar surface area (TPSA) is 136 Å². The number of imidazole rings is 1. The van der Waals surface area contributed by atoms with E-state index >= 15 is 0 Å². The number of aromatic nitrogens is 2. The fourth-order valence-electron chi connectivity index (χ4n) is 3.36. The summed E-state index contributed by atoms with van der Waals surface area (Å²) in [6, 6.07) is -0.799. The molecule has 0 aliphatic heterocycles. The quantitative estimate of drug-likeness (QED) is 0.365. The molecule has 0 radical (unpaired) electrons. The summed E-state index contributed by atoms with van der Waals surface area (Å²) in [6.45, 7) is 0.567. The second-order valence-corrected chi connectivity index (χ2v) is 7.29. The lowest BCUT2D eigenvalue weighted by Gasteiger charge is -2.22. The highest BCUT2D eigenvalue weighted by Crippen LogP contribution is 2.17. The smallest absolute Gasteiger partial charge is 0.326 e. The number of nitrogens with one attached hydrogen (secondary N) is 4. The second-order valence-electron chi connectivity index (χ2n) is 7.29. The van der Waals surface area contributed by atoms with E-state index in [1.165, 1.54) is 25.6 Å². The highest BCUT2D eigenvalue weighted by molar-refractivity contribution is 5.83. The first-order chi connectivity index (χ1) is 13.5. The number of carboxylic acids is 1. The van der Waals surface area contributed by atoms with E-state index in [4.69, 9.17) is 0 Å². The molecule has 1 aliphatic carbocycles. The average molecular weight is 393 g/mol. The van der Waals surface area contributed by atoms with Crippen molar-refractivity contribution in [1.82, 2.24) is 25.9 Å². The number of hydrogen-bond acceptors (Lipinski definition) is 4. The maximum absolute atomic E-state index is 12.0. The summed E-state index contributed by atoms with van der Waals surface area (Å²) < 4.78 is 0. The molecule has 3 amide bonds. The van der Waals surface area contributed by atoms with Gasteiger partial charge in [0.25, 0.3) is 0 Å². The van der Waals surface area contributed by atoms with Gasteiger partial charge in [-0.2, -0.15) is 0 Å². The molecule has 0 aromatic carbocycles. The van der Waals surface area contributed by atoms with Crippen molar-refractivity contribution in [2.45, 2.75) is 76.3 Å². The molecular formula is C19H31N5O4. The van der Waals surface area contributed by atoms with E-state index in [0.29, 0.717) is 24.7 Å². The van der Waals surface area contributed by atoms with Gasteiger partial charge in [0.2, 0.25) is 5.91 Å². The van der Waals surface area contributed by atoms with Gasteiger partial charge in [0.15, 0.2) is 0 Å². The van der Waals surface area contributed by atoms with Crippen molar-refractivity contribution in [3.05, 3.63) is 18.2 Å². The minimum Gasteiger partial charge on any atom is -0.480 e. The molecule has 9 nitrogen and oxygen atoms in total. The van der Waals surface area contributed by atoms with Crippen LogP contribution in [0.15, 0.2) is 12.5 Å². The summed E-state index contributed by atoms with van der Waals surface area (Å²) in [6.07, 6.45) is 11.4. The maximum atomic E-state index is 12.0. The molecule has 0 bridgehead atoms.